The van der Waals surface area contributed by atoms with Crippen LogP contribution in [0.25, 0.3) is 0 Å². The summed E-state index contributed by atoms with van der Waals surface area (Å²) < 4.78 is 0. The number of hydrogen-bond acceptors (Lipinski definition) is 0. The molecule has 28 valence electrons. The molecular formula is O3PuU. The van der Waals surface area contributed by atoms with E-state index in [0.29, 0.717) is 0 Å². The Labute approximate surface area is 75.7 Å². The van der Waals surface area contributed by atoms with Crippen LogP contribution in [0.3, 0.4) is 0 Å². The van der Waals surface area contributed by atoms with Gasteiger partial charge in [-0.3, -0.25) is 0 Å². The molecule has 3 nitrogen and oxygen atoms in total. The van der Waals surface area contributed by atoms with Crippen LogP contribution in [0.1, 0.15) is 0 Å². The van der Waals surface area contributed by atoms with E-state index in [9.17, 15) is 0 Å². The van der Waals surface area contributed by atoms with Crippen molar-refractivity contribution in [3.8, 4) is 0 Å². The van der Waals surface area contributed by atoms with E-state index in [4.69, 9.17) is 0 Å². The first-order chi connectivity index (χ1) is 0. The molecule has 0 spiro atoms. The van der Waals surface area contributed by atoms with E-state index < -0.39 is 0 Å². The summed E-state index contributed by atoms with van der Waals surface area (Å²) in [7, 11) is 0. The molecule has 0 atom stereocenters. The fourth-order valence-electron chi connectivity index (χ4n) is 0. The van der Waals surface area contributed by atoms with Crippen LogP contribution in [0.4, 0.5) is 0 Å². The zero-order chi connectivity index (χ0) is 0. The van der Waals surface area contributed by atoms with Crippen molar-refractivity contribution in [3.05, 3.63) is 0 Å². The molecule has 5 heteroatoms. The van der Waals surface area contributed by atoms with Crippen molar-refractivity contribution in [2.45, 2.75) is 0 Å². The summed E-state index contributed by atoms with van der Waals surface area (Å²) in [5.41, 5.74) is 0. The maximum Gasteiger partial charge on any atom is 6.00 e. The summed E-state index contributed by atoms with van der Waals surface area (Å²) in [6.07, 6.45) is 0. The van der Waals surface area contributed by atoms with Gasteiger partial charge < -0.3 is 16.4 Å². The molecule has 0 aromatic carbocycles. The maximum atomic E-state index is 0. The van der Waals surface area contributed by atoms with Crippen molar-refractivity contribution in [3.63, 3.8) is 0 Å². The largest absolute Gasteiger partial charge is 6.00 e. The fraction of sp³-hybridized carbons (Fsp3) is 0. The molecule has 5 heavy (non-hydrogen) atoms. The normalized spacial score (nSPS) is 0. The molecule has 0 N–H and O–H groups in total. The zero-order valence-corrected chi connectivity index (χ0v) is 9.70. The Hall–Kier alpha value is 1.92. The van der Waals surface area contributed by atoms with Crippen molar-refractivity contribution in [2.24, 2.45) is 0 Å². The van der Waals surface area contributed by atoms with Crippen LogP contribution in [-0.2, 0) is 16.4 Å². The van der Waals surface area contributed by atoms with E-state index in [1.807, 2.05) is 0 Å². The van der Waals surface area contributed by atoms with Crippen LogP contribution < -0.4 is 0 Å². The predicted octanol–water partition coefficient (Wildman–Crippen LogP) is -0.356. The van der Waals surface area contributed by atoms with Crippen molar-refractivity contribution in [1.29, 1.82) is 0 Å². The molecule has 0 unspecified atom stereocenters. The molecule has 0 aromatic rings. The van der Waals surface area contributed by atoms with E-state index in [1.54, 1.807) is 0 Å². The molecule has 0 fully saturated rings. The van der Waals surface area contributed by atoms with Gasteiger partial charge in [0.25, 0.3) is 0 Å². The van der Waals surface area contributed by atoms with Gasteiger partial charge in [0.1, 0.15) is 0 Å². The van der Waals surface area contributed by atoms with Gasteiger partial charge in [-0.15, -0.1) is 0 Å². The monoisotopic (exact) mass is 524 g/mol. The van der Waals surface area contributed by atoms with Gasteiger partial charge >= 0.3 is 31.1 Å². The van der Waals surface area contributed by atoms with E-state index in [2.05, 4.69) is 0 Å². The molecule has 0 amide bonds. The summed E-state index contributed by atoms with van der Waals surface area (Å²) in [5, 5.41) is 0. The Bertz CT molecular complexity index is 6.85. The Balaban J connectivity index is 0. The minimum atomic E-state index is 0. The number of rotatable bonds is 0. The van der Waals surface area contributed by atoms with Crippen LogP contribution in [0.15, 0.2) is 0 Å². The molecule has 0 aliphatic rings. The Morgan fingerprint density at radius 1 is 0.600 bits per heavy atom. The Morgan fingerprint density at radius 3 is 0.600 bits per heavy atom. The van der Waals surface area contributed by atoms with Crippen LogP contribution in [0.5, 0.6) is 0 Å². The first kappa shape index (κ1) is 65.8. The average Bonchev–Trinajstić information content (AvgIpc) is 0. The first-order valence-corrected chi connectivity index (χ1v) is 0. The summed E-state index contributed by atoms with van der Waals surface area (Å²) in [6.45, 7) is 0. The van der Waals surface area contributed by atoms with Crippen LogP contribution in [0.2, 0.25) is 0 Å². The molecule has 0 aliphatic carbocycles. The van der Waals surface area contributed by atoms with Gasteiger partial charge in [0.2, 0.25) is 0 Å². The second kappa shape index (κ2) is 38.9. The minimum absolute atomic E-state index is 0. The predicted molar refractivity (Wildman–Crippen MR) is 2.06 cm³/mol. The first-order valence-electron chi connectivity index (χ1n) is 0. The third-order valence-electron chi connectivity index (χ3n) is 0. The van der Waals surface area contributed by atoms with Crippen LogP contribution >= 0.6 is 0 Å². The van der Waals surface area contributed by atoms with Crippen molar-refractivity contribution in [2.75, 3.05) is 0 Å². The van der Waals surface area contributed by atoms with E-state index in [-0.39, 0.29) is 76.7 Å². The molecule has 0 bridgehead atoms. The SMILES string of the molecule is [O-2].[O-2].[O-2].[Pu].[U+6]. The van der Waals surface area contributed by atoms with Gasteiger partial charge in [0, 0.05) is 29.2 Å². The summed E-state index contributed by atoms with van der Waals surface area (Å²) in [6, 6.07) is 0. The van der Waals surface area contributed by atoms with Crippen LogP contribution in [-0.4, -0.2) is 0 Å². The second-order valence-electron chi connectivity index (χ2n) is 0. The smallest absolute Gasteiger partial charge is 2.00 e. The van der Waals surface area contributed by atoms with Gasteiger partial charge in [0.05, 0.1) is 0 Å². The summed E-state index contributed by atoms with van der Waals surface area (Å²) >= 11 is 0. The molecule has 0 saturated heterocycles. The third-order valence-corrected chi connectivity index (χ3v) is 0. The summed E-state index contributed by atoms with van der Waals surface area (Å²) in [4.78, 5) is 0. The van der Waals surface area contributed by atoms with Gasteiger partial charge in [-0.25, -0.2) is 0 Å². The van der Waals surface area contributed by atoms with Gasteiger partial charge in [0.15, 0.2) is 0 Å². The quantitative estimate of drug-likeness (QED) is 0.411. The molecule has 0 aromatic heterocycles. The van der Waals surface area contributed by atoms with Gasteiger partial charge in [-0.2, -0.15) is 0 Å². The molecule has 0 radical (unpaired) electrons. The average molecular weight is 530 g/mol. The second-order valence-corrected chi connectivity index (χ2v) is 0. The van der Waals surface area contributed by atoms with E-state index in [0.717, 1.165) is 0 Å². The van der Waals surface area contributed by atoms with E-state index >= 15 is 0 Å². The molecule has 0 saturated carbocycles. The molecule has 0 aliphatic heterocycles. The number of hydrogen-bond donors (Lipinski definition) is 0. The van der Waals surface area contributed by atoms with Crippen LogP contribution in [0, 0.1) is 60.3 Å². The van der Waals surface area contributed by atoms with Gasteiger partial charge in [-0.05, 0) is 0 Å². The van der Waals surface area contributed by atoms with Crippen molar-refractivity contribution < 1.29 is 76.7 Å². The molecule has 0 rings (SSSR count). The van der Waals surface area contributed by atoms with Crippen molar-refractivity contribution in [1.82, 2.24) is 0 Å². The topological polar surface area (TPSA) is 85.5 Å². The Kier molecular flexibility index (Phi) is 512. The zero-order valence-electron chi connectivity index (χ0n) is 2.13. The third kappa shape index (κ3) is 24.7. The van der Waals surface area contributed by atoms with E-state index in [1.165, 1.54) is 0 Å². The molecule has 0 heterocycles. The molecular weight excluding hydrogens is 530 g/mol. The standard InChI is InChI=1S/3O.Pu.U/q3*-2;;+6. The maximum absolute atomic E-state index is 0. The Morgan fingerprint density at radius 2 is 0.600 bits per heavy atom. The van der Waals surface area contributed by atoms with Gasteiger partial charge in [-0.1, -0.05) is 0 Å². The fourth-order valence-corrected chi connectivity index (χ4v) is 0. The summed E-state index contributed by atoms with van der Waals surface area (Å²) in [5.74, 6) is 0. The van der Waals surface area contributed by atoms with Crippen molar-refractivity contribution >= 4 is 0 Å². The minimum Gasteiger partial charge on any atom is -2.00 e.